The lowest BCUT2D eigenvalue weighted by atomic mass is 9.87. The largest absolute Gasteiger partial charge is 0.310 e. The molecular formula is C17H23N3. The van der Waals surface area contributed by atoms with Crippen LogP contribution in [-0.2, 0) is 6.54 Å². The first-order valence-electron chi connectivity index (χ1n) is 7.63. The zero-order valence-electron chi connectivity index (χ0n) is 12.1. The molecule has 0 radical (unpaired) electrons. The number of benzene rings is 1. The number of nitrogens with zero attached hydrogens (tertiary/aromatic N) is 2. The molecule has 0 saturated heterocycles. The first-order valence-corrected chi connectivity index (χ1v) is 7.63. The van der Waals surface area contributed by atoms with Crippen molar-refractivity contribution in [2.75, 3.05) is 0 Å². The molecule has 0 unspecified atom stereocenters. The summed E-state index contributed by atoms with van der Waals surface area (Å²) in [5, 5.41) is 8.11. The van der Waals surface area contributed by atoms with Crippen molar-refractivity contribution >= 4 is 0 Å². The molecule has 2 aromatic rings. The standard InChI is InChI=1S/C17H23N3/c1-14-7-9-16(10-8-14)18-11-15-12-19-20(13-15)17-5-3-2-4-6-17/h2-6,12-14,16,18H,7-11H2,1H3. The van der Waals surface area contributed by atoms with Crippen LogP contribution in [0.2, 0.25) is 0 Å². The van der Waals surface area contributed by atoms with Gasteiger partial charge in [-0.3, -0.25) is 0 Å². The van der Waals surface area contributed by atoms with Gasteiger partial charge in [0.05, 0.1) is 11.9 Å². The Hall–Kier alpha value is -1.61. The summed E-state index contributed by atoms with van der Waals surface area (Å²) < 4.78 is 1.94. The third kappa shape index (κ3) is 3.28. The summed E-state index contributed by atoms with van der Waals surface area (Å²) in [4.78, 5) is 0. The molecule has 3 rings (SSSR count). The number of nitrogens with one attached hydrogen (secondary N) is 1. The monoisotopic (exact) mass is 269 g/mol. The van der Waals surface area contributed by atoms with Crippen molar-refractivity contribution in [3.05, 3.63) is 48.3 Å². The number of rotatable bonds is 4. The number of hydrogen-bond donors (Lipinski definition) is 1. The van der Waals surface area contributed by atoms with Crippen LogP contribution in [0.1, 0.15) is 38.2 Å². The number of hydrogen-bond acceptors (Lipinski definition) is 2. The fourth-order valence-corrected chi connectivity index (χ4v) is 2.90. The highest BCUT2D eigenvalue weighted by atomic mass is 15.3. The quantitative estimate of drug-likeness (QED) is 0.920. The van der Waals surface area contributed by atoms with Crippen molar-refractivity contribution in [3.63, 3.8) is 0 Å². The van der Waals surface area contributed by atoms with Crippen molar-refractivity contribution in [2.45, 2.75) is 45.2 Å². The molecule has 1 heterocycles. The van der Waals surface area contributed by atoms with Crippen molar-refractivity contribution in [1.82, 2.24) is 15.1 Å². The van der Waals surface area contributed by atoms with Gasteiger partial charge in [-0.15, -0.1) is 0 Å². The van der Waals surface area contributed by atoms with Gasteiger partial charge < -0.3 is 5.32 Å². The second-order valence-corrected chi connectivity index (χ2v) is 5.97. The van der Waals surface area contributed by atoms with Gasteiger partial charge in [0.1, 0.15) is 0 Å². The summed E-state index contributed by atoms with van der Waals surface area (Å²) in [7, 11) is 0. The van der Waals surface area contributed by atoms with E-state index >= 15 is 0 Å². The van der Waals surface area contributed by atoms with Crippen LogP contribution in [0.25, 0.3) is 5.69 Å². The molecule has 0 bridgehead atoms. The fraction of sp³-hybridized carbons (Fsp3) is 0.471. The highest BCUT2D eigenvalue weighted by Crippen LogP contribution is 2.23. The van der Waals surface area contributed by atoms with E-state index in [-0.39, 0.29) is 0 Å². The normalized spacial score (nSPS) is 22.9. The highest BCUT2D eigenvalue weighted by Gasteiger charge is 2.17. The third-order valence-corrected chi connectivity index (χ3v) is 4.27. The maximum Gasteiger partial charge on any atom is 0.0645 e. The van der Waals surface area contributed by atoms with E-state index in [0.717, 1.165) is 18.2 Å². The smallest absolute Gasteiger partial charge is 0.0645 e. The molecule has 0 spiro atoms. The number of aromatic nitrogens is 2. The fourth-order valence-electron chi connectivity index (χ4n) is 2.90. The van der Waals surface area contributed by atoms with Crippen LogP contribution in [0.3, 0.4) is 0 Å². The first kappa shape index (κ1) is 13.4. The molecule has 106 valence electrons. The summed E-state index contributed by atoms with van der Waals surface area (Å²) in [6.07, 6.45) is 9.43. The Bertz CT molecular complexity index is 524. The minimum atomic E-state index is 0.686. The lowest BCUT2D eigenvalue weighted by Gasteiger charge is -2.26. The predicted molar refractivity (Wildman–Crippen MR) is 81.8 cm³/mol. The van der Waals surface area contributed by atoms with E-state index in [0.29, 0.717) is 6.04 Å². The van der Waals surface area contributed by atoms with Gasteiger partial charge in [0.15, 0.2) is 0 Å². The molecule has 3 heteroatoms. The third-order valence-electron chi connectivity index (χ3n) is 4.27. The van der Waals surface area contributed by atoms with Crippen molar-refractivity contribution < 1.29 is 0 Å². The van der Waals surface area contributed by atoms with Gasteiger partial charge in [-0.2, -0.15) is 5.10 Å². The van der Waals surface area contributed by atoms with Crippen LogP contribution < -0.4 is 5.32 Å². The molecule has 1 N–H and O–H groups in total. The van der Waals surface area contributed by atoms with Gasteiger partial charge >= 0.3 is 0 Å². The second kappa shape index (κ2) is 6.23. The van der Waals surface area contributed by atoms with Gasteiger partial charge in [-0.05, 0) is 43.7 Å². The molecule has 0 amide bonds. The van der Waals surface area contributed by atoms with E-state index in [9.17, 15) is 0 Å². The van der Waals surface area contributed by atoms with E-state index in [4.69, 9.17) is 0 Å². The predicted octanol–water partition coefficient (Wildman–Crippen LogP) is 3.54. The molecule has 1 aromatic heterocycles. The summed E-state index contributed by atoms with van der Waals surface area (Å²) in [5.41, 5.74) is 2.37. The van der Waals surface area contributed by atoms with E-state index in [1.165, 1.54) is 31.2 Å². The average molecular weight is 269 g/mol. The summed E-state index contributed by atoms with van der Waals surface area (Å²) in [6.45, 7) is 3.28. The Balaban J connectivity index is 1.55. The lowest BCUT2D eigenvalue weighted by Crippen LogP contribution is -2.32. The Morgan fingerprint density at radius 3 is 2.65 bits per heavy atom. The molecule has 20 heavy (non-hydrogen) atoms. The molecule has 0 aliphatic heterocycles. The van der Waals surface area contributed by atoms with Crippen molar-refractivity contribution in [2.24, 2.45) is 5.92 Å². The summed E-state index contributed by atoms with van der Waals surface area (Å²) in [5.74, 6) is 0.911. The van der Waals surface area contributed by atoms with E-state index in [1.807, 2.05) is 29.1 Å². The average Bonchev–Trinajstić information content (AvgIpc) is 2.97. The molecule has 0 atom stereocenters. The topological polar surface area (TPSA) is 29.9 Å². The van der Waals surface area contributed by atoms with Gasteiger partial charge in [-0.25, -0.2) is 4.68 Å². The zero-order valence-corrected chi connectivity index (χ0v) is 12.1. The Morgan fingerprint density at radius 1 is 1.15 bits per heavy atom. The molecule has 3 nitrogen and oxygen atoms in total. The summed E-state index contributed by atoms with van der Waals surface area (Å²) in [6, 6.07) is 10.9. The van der Waals surface area contributed by atoms with Gasteiger partial charge in [-0.1, -0.05) is 25.1 Å². The molecule has 1 aromatic carbocycles. The van der Waals surface area contributed by atoms with Crippen LogP contribution in [-0.4, -0.2) is 15.8 Å². The maximum atomic E-state index is 4.44. The Labute approximate surface area is 121 Å². The second-order valence-electron chi connectivity index (χ2n) is 5.97. The van der Waals surface area contributed by atoms with Gasteiger partial charge in [0.2, 0.25) is 0 Å². The Kier molecular flexibility index (Phi) is 4.16. The van der Waals surface area contributed by atoms with E-state index in [2.05, 4.69) is 35.7 Å². The van der Waals surface area contributed by atoms with Crippen LogP contribution in [0.15, 0.2) is 42.7 Å². The van der Waals surface area contributed by atoms with Crippen LogP contribution in [0, 0.1) is 5.92 Å². The molecule has 1 aliphatic carbocycles. The maximum absolute atomic E-state index is 4.44. The molecular weight excluding hydrogens is 246 g/mol. The highest BCUT2D eigenvalue weighted by molar-refractivity contribution is 5.30. The van der Waals surface area contributed by atoms with Crippen LogP contribution in [0.4, 0.5) is 0 Å². The zero-order chi connectivity index (χ0) is 13.8. The molecule has 1 aliphatic rings. The SMILES string of the molecule is CC1CCC(NCc2cnn(-c3ccccc3)c2)CC1. The van der Waals surface area contributed by atoms with Gasteiger partial charge in [0.25, 0.3) is 0 Å². The Morgan fingerprint density at radius 2 is 1.90 bits per heavy atom. The molecule has 1 fully saturated rings. The first-order chi connectivity index (χ1) is 9.81. The van der Waals surface area contributed by atoms with E-state index < -0.39 is 0 Å². The van der Waals surface area contributed by atoms with Crippen LogP contribution >= 0.6 is 0 Å². The van der Waals surface area contributed by atoms with Crippen LogP contribution in [0.5, 0.6) is 0 Å². The minimum absolute atomic E-state index is 0.686. The van der Waals surface area contributed by atoms with Crippen molar-refractivity contribution in [3.8, 4) is 5.69 Å². The summed E-state index contributed by atoms with van der Waals surface area (Å²) >= 11 is 0. The number of para-hydroxylation sites is 1. The minimum Gasteiger partial charge on any atom is -0.310 e. The lowest BCUT2D eigenvalue weighted by molar-refractivity contribution is 0.306. The van der Waals surface area contributed by atoms with Crippen molar-refractivity contribution in [1.29, 1.82) is 0 Å². The molecule has 1 saturated carbocycles. The van der Waals surface area contributed by atoms with E-state index in [1.54, 1.807) is 0 Å². The van der Waals surface area contributed by atoms with Gasteiger partial charge in [0, 0.05) is 24.3 Å².